The Bertz CT molecular complexity index is 180. The minimum absolute atomic E-state index is 0.230. The standard InChI is InChI=1S/C9H17NO3/c1-4-5-8(10-7(3)12)9(13)6(2)11/h4,6,8-9,11,13H,1,5H2,2-3H3,(H,10,12)/t6-,8-,9+/m0/s1. The van der Waals surface area contributed by atoms with Crippen molar-refractivity contribution in [2.75, 3.05) is 0 Å². The maximum atomic E-state index is 10.7. The van der Waals surface area contributed by atoms with Crippen molar-refractivity contribution in [3.05, 3.63) is 12.7 Å². The molecule has 0 heterocycles. The van der Waals surface area contributed by atoms with Crippen LogP contribution in [0.1, 0.15) is 20.3 Å². The van der Waals surface area contributed by atoms with Crippen molar-refractivity contribution >= 4 is 5.91 Å². The Balaban J connectivity index is 4.21. The minimum Gasteiger partial charge on any atom is -0.391 e. The van der Waals surface area contributed by atoms with E-state index in [2.05, 4.69) is 11.9 Å². The molecule has 0 aliphatic heterocycles. The van der Waals surface area contributed by atoms with Crippen molar-refractivity contribution in [2.24, 2.45) is 0 Å². The number of hydrogen-bond donors (Lipinski definition) is 3. The number of hydrogen-bond acceptors (Lipinski definition) is 3. The van der Waals surface area contributed by atoms with E-state index in [9.17, 15) is 9.90 Å². The molecule has 13 heavy (non-hydrogen) atoms. The summed E-state index contributed by atoms with van der Waals surface area (Å²) in [5.74, 6) is -0.230. The van der Waals surface area contributed by atoms with E-state index in [1.54, 1.807) is 6.08 Å². The molecule has 76 valence electrons. The highest BCUT2D eigenvalue weighted by molar-refractivity contribution is 5.73. The molecule has 0 aliphatic carbocycles. The number of nitrogens with one attached hydrogen (secondary N) is 1. The Morgan fingerprint density at radius 3 is 2.46 bits per heavy atom. The highest BCUT2D eigenvalue weighted by Gasteiger charge is 2.22. The van der Waals surface area contributed by atoms with Gasteiger partial charge in [-0.3, -0.25) is 4.79 Å². The third kappa shape index (κ3) is 4.65. The predicted molar refractivity (Wildman–Crippen MR) is 50.1 cm³/mol. The van der Waals surface area contributed by atoms with Crippen molar-refractivity contribution in [1.82, 2.24) is 5.32 Å². The fraction of sp³-hybridized carbons (Fsp3) is 0.667. The molecule has 0 aromatic rings. The second-order valence-electron chi connectivity index (χ2n) is 3.06. The van der Waals surface area contributed by atoms with Gasteiger partial charge >= 0.3 is 0 Å². The molecule has 3 N–H and O–H groups in total. The van der Waals surface area contributed by atoms with Gasteiger partial charge in [0.1, 0.15) is 6.10 Å². The van der Waals surface area contributed by atoms with Crippen LogP contribution in [0.4, 0.5) is 0 Å². The largest absolute Gasteiger partial charge is 0.391 e. The molecule has 1 amide bonds. The van der Waals surface area contributed by atoms with E-state index in [0.29, 0.717) is 6.42 Å². The molecule has 0 radical (unpaired) electrons. The zero-order chi connectivity index (χ0) is 10.4. The summed E-state index contributed by atoms with van der Waals surface area (Å²) in [5.41, 5.74) is 0. The van der Waals surface area contributed by atoms with Gasteiger partial charge in [0.05, 0.1) is 12.1 Å². The monoisotopic (exact) mass is 187 g/mol. The van der Waals surface area contributed by atoms with Crippen LogP contribution in [0.5, 0.6) is 0 Å². The summed E-state index contributed by atoms with van der Waals surface area (Å²) >= 11 is 0. The van der Waals surface area contributed by atoms with Crippen LogP contribution >= 0.6 is 0 Å². The van der Waals surface area contributed by atoms with Crippen LogP contribution in [0.15, 0.2) is 12.7 Å². The van der Waals surface area contributed by atoms with E-state index < -0.39 is 18.2 Å². The summed E-state index contributed by atoms with van der Waals surface area (Å²) in [6.07, 6.45) is 0.205. The Morgan fingerprint density at radius 2 is 2.15 bits per heavy atom. The third-order valence-corrected chi connectivity index (χ3v) is 1.72. The highest BCUT2D eigenvalue weighted by atomic mass is 16.3. The molecule has 0 aliphatic rings. The topological polar surface area (TPSA) is 69.6 Å². The van der Waals surface area contributed by atoms with E-state index >= 15 is 0 Å². The lowest BCUT2D eigenvalue weighted by atomic mass is 10.0. The van der Waals surface area contributed by atoms with Crippen molar-refractivity contribution in [2.45, 2.75) is 38.5 Å². The highest BCUT2D eigenvalue weighted by Crippen LogP contribution is 2.04. The van der Waals surface area contributed by atoms with Gasteiger partial charge in [0.2, 0.25) is 5.91 Å². The number of carbonyl (C=O) groups is 1. The first-order valence-electron chi connectivity index (χ1n) is 4.23. The Kier molecular flexibility index (Phi) is 5.34. The van der Waals surface area contributed by atoms with Crippen molar-refractivity contribution < 1.29 is 15.0 Å². The first kappa shape index (κ1) is 12.1. The molecule has 4 heteroatoms. The van der Waals surface area contributed by atoms with Gasteiger partial charge in [-0.25, -0.2) is 0 Å². The summed E-state index contributed by atoms with van der Waals surface area (Å²) in [6.45, 7) is 6.35. The number of aliphatic hydroxyl groups is 2. The Morgan fingerprint density at radius 1 is 1.62 bits per heavy atom. The molecule has 0 saturated heterocycles. The fourth-order valence-corrected chi connectivity index (χ4v) is 1.06. The van der Waals surface area contributed by atoms with Crippen LogP contribution in [0.2, 0.25) is 0 Å². The smallest absolute Gasteiger partial charge is 0.217 e. The molecular weight excluding hydrogens is 170 g/mol. The molecule has 0 saturated carbocycles. The molecule has 0 aromatic carbocycles. The third-order valence-electron chi connectivity index (χ3n) is 1.72. The predicted octanol–water partition coefficient (Wildman–Crippen LogP) is -0.191. The van der Waals surface area contributed by atoms with Gasteiger partial charge in [0.15, 0.2) is 0 Å². The van der Waals surface area contributed by atoms with Crippen LogP contribution in [0, 0.1) is 0 Å². The quantitative estimate of drug-likeness (QED) is 0.522. The zero-order valence-electron chi connectivity index (χ0n) is 8.03. The van der Waals surface area contributed by atoms with E-state index in [4.69, 9.17) is 5.11 Å². The maximum Gasteiger partial charge on any atom is 0.217 e. The van der Waals surface area contributed by atoms with Gasteiger partial charge in [-0.15, -0.1) is 6.58 Å². The van der Waals surface area contributed by atoms with Gasteiger partial charge < -0.3 is 15.5 Å². The summed E-state index contributed by atoms with van der Waals surface area (Å²) in [4.78, 5) is 10.7. The molecule has 0 rings (SSSR count). The average Bonchev–Trinajstić information content (AvgIpc) is 2.01. The van der Waals surface area contributed by atoms with E-state index in [0.717, 1.165) is 0 Å². The summed E-state index contributed by atoms with van der Waals surface area (Å²) in [6, 6.07) is -0.463. The van der Waals surface area contributed by atoms with Gasteiger partial charge in [0, 0.05) is 6.92 Å². The van der Waals surface area contributed by atoms with E-state index in [1.807, 2.05) is 0 Å². The van der Waals surface area contributed by atoms with Crippen molar-refractivity contribution in [3.8, 4) is 0 Å². The van der Waals surface area contributed by atoms with E-state index in [1.165, 1.54) is 13.8 Å². The second-order valence-corrected chi connectivity index (χ2v) is 3.06. The minimum atomic E-state index is -0.957. The molecule has 0 spiro atoms. The van der Waals surface area contributed by atoms with Crippen LogP contribution < -0.4 is 5.32 Å². The molecule has 4 nitrogen and oxygen atoms in total. The fourth-order valence-electron chi connectivity index (χ4n) is 1.06. The molecule has 3 atom stereocenters. The Labute approximate surface area is 78.3 Å². The molecular formula is C9H17NO3. The summed E-state index contributed by atoms with van der Waals surface area (Å²) < 4.78 is 0. The number of rotatable bonds is 5. The lowest BCUT2D eigenvalue weighted by Crippen LogP contribution is -2.46. The lowest BCUT2D eigenvalue weighted by Gasteiger charge is -2.24. The van der Waals surface area contributed by atoms with Crippen molar-refractivity contribution in [1.29, 1.82) is 0 Å². The second kappa shape index (κ2) is 5.72. The Hall–Kier alpha value is -0.870. The molecule has 0 bridgehead atoms. The summed E-state index contributed by atoms with van der Waals surface area (Å²) in [7, 11) is 0. The van der Waals surface area contributed by atoms with Crippen molar-refractivity contribution in [3.63, 3.8) is 0 Å². The average molecular weight is 187 g/mol. The van der Waals surface area contributed by atoms with Gasteiger partial charge in [-0.2, -0.15) is 0 Å². The SMILES string of the molecule is C=CC[C@H](NC(C)=O)[C@H](O)[C@H](C)O. The zero-order valence-corrected chi connectivity index (χ0v) is 8.03. The number of aliphatic hydroxyl groups excluding tert-OH is 2. The first-order chi connectivity index (χ1) is 5.99. The van der Waals surface area contributed by atoms with Crippen LogP contribution in [0.3, 0.4) is 0 Å². The summed E-state index contributed by atoms with van der Waals surface area (Å²) in [5, 5.41) is 21.1. The van der Waals surface area contributed by atoms with Gasteiger partial charge in [0.25, 0.3) is 0 Å². The first-order valence-corrected chi connectivity index (χ1v) is 4.23. The normalized spacial score (nSPS) is 17.2. The molecule has 0 unspecified atom stereocenters. The lowest BCUT2D eigenvalue weighted by molar-refractivity contribution is -0.121. The molecule has 0 fully saturated rings. The number of carbonyl (C=O) groups excluding carboxylic acids is 1. The van der Waals surface area contributed by atoms with Crippen LogP contribution in [0.25, 0.3) is 0 Å². The molecule has 0 aromatic heterocycles. The van der Waals surface area contributed by atoms with Crippen LogP contribution in [-0.2, 0) is 4.79 Å². The van der Waals surface area contributed by atoms with Gasteiger partial charge in [-0.1, -0.05) is 6.08 Å². The van der Waals surface area contributed by atoms with Crippen LogP contribution in [-0.4, -0.2) is 34.4 Å². The maximum absolute atomic E-state index is 10.7. The van der Waals surface area contributed by atoms with Gasteiger partial charge in [-0.05, 0) is 13.3 Å². The number of amides is 1. The van der Waals surface area contributed by atoms with E-state index in [-0.39, 0.29) is 5.91 Å².